The number of esters is 1. The molecule has 8 atom stereocenters. The van der Waals surface area contributed by atoms with Crippen LogP contribution >= 0.6 is 11.6 Å². The van der Waals surface area contributed by atoms with Crippen molar-refractivity contribution in [1.29, 1.82) is 0 Å². The maximum atomic E-state index is 12.4. The highest BCUT2D eigenvalue weighted by Crippen LogP contribution is 2.66. The number of fused-ring (bicyclic) bond motifs is 5. The Bertz CT molecular complexity index is 746. The highest BCUT2D eigenvalue weighted by Gasteiger charge is 2.58. The van der Waals surface area contributed by atoms with E-state index in [4.69, 9.17) is 16.3 Å². The summed E-state index contributed by atoms with van der Waals surface area (Å²) < 4.78 is 5.89. The first-order chi connectivity index (χ1) is 16.8. The second kappa shape index (κ2) is 11.9. The third kappa shape index (κ3) is 5.68. The van der Waals surface area contributed by atoms with Gasteiger partial charge in [-0.05, 0) is 92.3 Å². The Balaban J connectivity index is 1.36. The van der Waals surface area contributed by atoms with Gasteiger partial charge in [0.1, 0.15) is 11.5 Å². The summed E-state index contributed by atoms with van der Waals surface area (Å²) in [5.41, 5.74) is 2.48. The monoisotopic (exact) mass is 504 g/mol. The number of halogens is 1. The molecule has 0 unspecified atom stereocenters. The van der Waals surface area contributed by atoms with Crippen molar-refractivity contribution in [3.05, 3.63) is 11.6 Å². The summed E-state index contributed by atoms with van der Waals surface area (Å²) in [5, 5.41) is -0.485. The molecule has 0 bridgehead atoms. The van der Waals surface area contributed by atoms with Crippen LogP contribution in [0.2, 0.25) is 0 Å². The average Bonchev–Trinajstić information content (AvgIpc) is 3.18. The first kappa shape index (κ1) is 27.5. The fourth-order valence-corrected chi connectivity index (χ4v) is 9.36. The third-order valence-corrected chi connectivity index (χ3v) is 11.6. The van der Waals surface area contributed by atoms with Crippen molar-refractivity contribution in [1.82, 2.24) is 0 Å². The molecule has 0 aromatic rings. The molecular weight excluding hydrogens is 452 g/mol. The Labute approximate surface area is 221 Å². The molecule has 3 fully saturated rings. The number of hydrogen-bond donors (Lipinski definition) is 0. The van der Waals surface area contributed by atoms with Gasteiger partial charge in [0.15, 0.2) is 0 Å². The number of allylic oxidation sites excluding steroid dienone is 1. The van der Waals surface area contributed by atoms with Crippen molar-refractivity contribution in [2.45, 2.75) is 148 Å². The Morgan fingerprint density at radius 2 is 1.77 bits per heavy atom. The lowest BCUT2D eigenvalue weighted by molar-refractivity contribution is -0.151. The summed E-state index contributed by atoms with van der Waals surface area (Å²) in [6.45, 7) is 9.61. The SMILES string of the molecule is CCCCCCCC[C@@H]1CC[C@@H]2[C@H]3CC=C4C[C@@H](OC(=O)[C@H](Cl)CCC)CC[C@]4(C)[C@@H]3CC[C@]12C. The van der Waals surface area contributed by atoms with Gasteiger partial charge in [-0.15, -0.1) is 11.6 Å². The van der Waals surface area contributed by atoms with Gasteiger partial charge in [0, 0.05) is 6.42 Å². The van der Waals surface area contributed by atoms with E-state index in [1.165, 1.54) is 83.5 Å². The standard InChI is InChI=1S/C32H53ClO2/c1-5-7-8-9-10-11-13-23-15-17-27-26-16-14-24-22-25(35-30(34)29(33)12-6-2)18-20-32(24,4)28(26)19-21-31(23,27)3/h14,23,25-29H,5-13,15-22H2,1-4H3/t23-,25+,26-,27-,28-,29-,31-,32+/m1/s1. The summed E-state index contributed by atoms with van der Waals surface area (Å²) in [7, 11) is 0. The smallest absolute Gasteiger partial charge is 0.324 e. The molecule has 4 aliphatic carbocycles. The van der Waals surface area contributed by atoms with E-state index in [2.05, 4.69) is 33.8 Å². The van der Waals surface area contributed by atoms with E-state index in [9.17, 15) is 4.79 Å². The molecule has 0 aromatic carbocycles. The molecule has 4 rings (SSSR count). The fourth-order valence-electron chi connectivity index (χ4n) is 9.09. The Morgan fingerprint density at radius 1 is 1.00 bits per heavy atom. The van der Waals surface area contributed by atoms with E-state index in [0.29, 0.717) is 17.3 Å². The first-order valence-electron chi connectivity index (χ1n) is 15.4. The third-order valence-electron chi connectivity index (χ3n) is 11.2. The number of carbonyl (C=O) groups excluding carboxylic acids is 1. The molecular formula is C32H53ClO2. The van der Waals surface area contributed by atoms with Crippen LogP contribution in [-0.2, 0) is 9.53 Å². The van der Waals surface area contributed by atoms with E-state index in [-0.39, 0.29) is 12.1 Å². The van der Waals surface area contributed by atoms with Gasteiger partial charge in [0.25, 0.3) is 0 Å². The van der Waals surface area contributed by atoms with Crippen LogP contribution in [0.4, 0.5) is 0 Å². The van der Waals surface area contributed by atoms with E-state index >= 15 is 0 Å². The van der Waals surface area contributed by atoms with Crippen molar-refractivity contribution in [3.63, 3.8) is 0 Å². The fraction of sp³-hybridized carbons (Fsp3) is 0.906. The minimum Gasteiger partial charge on any atom is -0.461 e. The summed E-state index contributed by atoms with van der Waals surface area (Å²) in [6.07, 6.45) is 24.4. The normalized spacial score (nSPS) is 39.2. The second-order valence-electron chi connectivity index (χ2n) is 13.2. The number of alkyl halides is 1. The Hall–Kier alpha value is -0.500. The molecule has 4 aliphatic rings. The van der Waals surface area contributed by atoms with Crippen molar-refractivity contribution in [2.75, 3.05) is 0 Å². The van der Waals surface area contributed by atoms with E-state index in [1.807, 2.05) is 0 Å². The molecule has 200 valence electrons. The number of unbranched alkanes of at least 4 members (excludes halogenated alkanes) is 5. The molecule has 35 heavy (non-hydrogen) atoms. The topological polar surface area (TPSA) is 26.3 Å². The van der Waals surface area contributed by atoms with Gasteiger partial charge in [0.2, 0.25) is 0 Å². The van der Waals surface area contributed by atoms with Crippen molar-refractivity contribution in [2.24, 2.45) is 34.5 Å². The van der Waals surface area contributed by atoms with Gasteiger partial charge in [-0.1, -0.05) is 84.3 Å². The van der Waals surface area contributed by atoms with Crippen LogP contribution in [0, 0.1) is 34.5 Å². The minimum absolute atomic E-state index is 0.0264. The lowest BCUT2D eigenvalue weighted by Gasteiger charge is -2.58. The lowest BCUT2D eigenvalue weighted by Crippen LogP contribution is -2.50. The highest BCUT2D eigenvalue weighted by molar-refractivity contribution is 6.29. The van der Waals surface area contributed by atoms with Crippen LogP contribution in [0.15, 0.2) is 11.6 Å². The second-order valence-corrected chi connectivity index (χ2v) is 13.7. The summed E-state index contributed by atoms with van der Waals surface area (Å²) in [4.78, 5) is 12.4. The maximum absolute atomic E-state index is 12.4. The Morgan fingerprint density at radius 3 is 2.54 bits per heavy atom. The molecule has 0 aromatic heterocycles. The van der Waals surface area contributed by atoms with E-state index in [0.717, 1.165) is 42.9 Å². The molecule has 0 N–H and O–H groups in total. The zero-order chi connectivity index (χ0) is 25.1. The highest BCUT2D eigenvalue weighted by atomic mass is 35.5. The van der Waals surface area contributed by atoms with Gasteiger partial charge in [-0.25, -0.2) is 0 Å². The van der Waals surface area contributed by atoms with Crippen LogP contribution in [0.5, 0.6) is 0 Å². The number of carbonyl (C=O) groups is 1. The van der Waals surface area contributed by atoms with E-state index in [1.54, 1.807) is 5.57 Å². The molecule has 3 heteroatoms. The molecule has 0 saturated heterocycles. The average molecular weight is 505 g/mol. The zero-order valence-corrected chi connectivity index (χ0v) is 24.0. The molecule has 0 heterocycles. The van der Waals surface area contributed by atoms with Crippen LogP contribution in [0.1, 0.15) is 137 Å². The lowest BCUT2D eigenvalue weighted by atomic mass is 9.47. The molecule has 0 amide bonds. The summed E-state index contributed by atoms with van der Waals surface area (Å²) in [5.74, 6) is 3.37. The van der Waals surface area contributed by atoms with Gasteiger partial charge in [-0.3, -0.25) is 4.79 Å². The quantitative estimate of drug-likeness (QED) is 0.121. The minimum atomic E-state index is -0.485. The van der Waals surface area contributed by atoms with Gasteiger partial charge < -0.3 is 4.74 Å². The number of rotatable bonds is 11. The number of hydrogen-bond acceptors (Lipinski definition) is 2. The van der Waals surface area contributed by atoms with Crippen molar-refractivity contribution < 1.29 is 9.53 Å². The zero-order valence-electron chi connectivity index (χ0n) is 23.3. The van der Waals surface area contributed by atoms with Crippen LogP contribution in [0.25, 0.3) is 0 Å². The van der Waals surface area contributed by atoms with Crippen LogP contribution in [-0.4, -0.2) is 17.5 Å². The van der Waals surface area contributed by atoms with Gasteiger partial charge in [0.05, 0.1) is 0 Å². The van der Waals surface area contributed by atoms with Crippen LogP contribution < -0.4 is 0 Å². The molecule has 3 saturated carbocycles. The molecule has 0 aliphatic heterocycles. The van der Waals surface area contributed by atoms with Gasteiger partial charge >= 0.3 is 5.97 Å². The molecule has 0 radical (unpaired) electrons. The van der Waals surface area contributed by atoms with Crippen molar-refractivity contribution in [3.8, 4) is 0 Å². The number of ether oxygens (including phenoxy) is 1. The predicted octanol–water partition coefficient (Wildman–Crippen LogP) is 9.64. The molecule has 0 spiro atoms. The van der Waals surface area contributed by atoms with E-state index < -0.39 is 5.38 Å². The first-order valence-corrected chi connectivity index (χ1v) is 15.8. The van der Waals surface area contributed by atoms with Gasteiger partial charge in [-0.2, -0.15) is 0 Å². The largest absolute Gasteiger partial charge is 0.461 e. The summed E-state index contributed by atoms with van der Waals surface area (Å²) in [6, 6.07) is 0. The summed E-state index contributed by atoms with van der Waals surface area (Å²) >= 11 is 6.25. The molecule has 2 nitrogen and oxygen atoms in total. The maximum Gasteiger partial charge on any atom is 0.324 e. The van der Waals surface area contributed by atoms with Crippen LogP contribution in [0.3, 0.4) is 0 Å². The van der Waals surface area contributed by atoms with Crippen molar-refractivity contribution >= 4 is 17.6 Å². The Kier molecular flexibility index (Phi) is 9.37. The predicted molar refractivity (Wildman–Crippen MR) is 148 cm³/mol.